The Hall–Kier alpha value is -3.32. The first kappa shape index (κ1) is 19.4. The van der Waals surface area contributed by atoms with Crippen LogP contribution in [0.25, 0.3) is 6.08 Å². The van der Waals surface area contributed by atoms with Crippen LogP contribution in [-0.4, -0.2) is 32.1 Å². The van der Waals surface area contributed by atoms with Crippen molar-refractivity contribution in [2.45, 2.75) is 6.92 Å². The number of nitrogens with zero attached hydrogens (tertiary/aromatic N) is 1. The normalized spacial score (nSPS) is 15.6. The van der Waals surface area contributed by atoms with Gasteiger partial charge >= 0.3 is 6.03 Å². The number of methoxy groups -OCH3 is 2. The third-order valence-electron chi connectivity index (χ3n) is 4.23. The van der Waals surface area contributed by atoms with Crippen LogP contribution in [0.15, 0.2) is 42.0 Å². The molecule has 1 aliphatic rings. The van der Waals surface area contributed by atoms with Crippen LogP contribution >= 0.6 is 11.6 Å². The summed E-state index contributed by atoms with van der Waals surface area (Å²) in [6.07, 6.45) is 1.38. The minimum atomic E-state index is -0.834. The van der Waals surface area contributed by atoms with Gasteiger partial charge in [0.05, 0.1) is 19.9 Å². The first-order valence-corrected chi connectivity index (χ1v) is 8.63. The van der Waals surface area contributed by atoms with Gasteiger partial charge in [-0.05, 0) is 48.4 Å². The van der Waals surface area contributed by atoms with Crippen molar-refractivity contribution in [2.24, 2.45) is 0 Å². The Balaban J connectivity index is 2.02. The Kier molecular flexibility index (Phi) is 5.37. The molecule has 0 atom stereocenters. The lowest BCUT2D eigenvalue weighted by Crippen LogP contribution is -2.54. The van der Waals surface area contributed by atoms with E-state index in [-0.39, 0.29) is 11.3 Å². The smallest absolute Gasteiger partial charge is 0.335 e. The van der Waals surface area contributed by atoms with Crippen molar-refractivity contribution >= 4 is 41.2 Å². The Morgan fingerprint density at radius 1 is 1.00 bits per heavy atom. The van der Waals surface area contributed by atoms with Gasteiger partial charge in [-0.2, -0.15) is 0 Å². The third kappa shape index (κ3) is 3.57. The number of halogens is 1. The van der Waals surface area contributed by atoms with Crippen molar-refractivity contribution in [2.75, 3.05) is 19.1 Å². The highest BCUT2D eigenvalue weighted by atomic mass is 35.5. The number of nitrogens with one attached hydrogen (secondary N) is 1. The monoisotopic (exact) mass is 400 g/mol. The molecule has 1 N–H and O–H groups in total. The fraction of sp³-hybridized carbons (Fsp3) is 0.150. The lowest BCUT2D eigenvalue weighted by atomic mass is 10.1. The number of hydrogen-bond donors (Lipinski definition) is 1. The van der Waals surface area contributed by atoms with Crippen molar-refractivity contribution in [1.29, 1.82) is 0 Å². The fourth-order valence-corrected chi connectivity index (χ4v) is 2.90. The summed E-state index contributed by atoms with van der Waals surface area (Å²) in [7, 11) is 2.99. The Morgan fingerprint density at radius 3 is 2.36 bits per heavy atom. The molecule has 0 radical (unpaired) electrons. The van der Waals surface area contributed by atoms with Crippen LogP contribution in [0.2, 0.25) is 5.02 Å². The Morgan fingerprint density at radius 2 is 1.71 bits per heavy atom. The van der Waals surface area contributed by atoms with Crippen LogP contribution in [-0.2, 0) is 9.59 Å². The largest absolute Gasteiger partial charge is 0.493 e. The predicted octanol–water partition coefficient (Wildman–Crippen LogP) is 3.33. The highest BCUT2D eigenvalue weighted by molar-refractivity contribution is 6.39. The van der Waals surface area contributed by atoms with Gasteiger partial charge in [0.2, 0.25) is 0 Å². The Bertz CT molecular complexity index is 1020. The van der Waals surface area contributed by atoms with Gasteiger partial charge in [-0.1, -0.05) is 23.7 Å². The van der Waals surface area contributed by atoms with Crippen LogP contribution in [0.3, 0.4) is 0 Å². The van der Waals surface area contributed by atoms with Crippen LogP contribution in [0.5, 0.6) is 11.5 Å². The van der Waals surface area contributed by atoms with E-state index in [1.807, 2.05) is 0 Å². The lowest BCUT2D eigenvalue weighted by Gasteiger charge is -2.26. The van der Waals surface area contributed by atoms with Crippen LogP contribution < -0.4 is 19.7 Å². The van der Waals surface area contributed by atoms with E-state index in [0.717, 1.165) is 10.5 Å². The second-order valence-electron chi connectivity index (χ2n) is 6.01. The molecule has 28 heavy (non-hydrogen) atoms. The van der Waals surface area contributed by atoms with Crippen molar-refractivity contribution in [3.8, 4) is 11.5 Å². The number of benzene rings is 2. The van der Waals surface area contributed by atoms with E-state index in [9.17, 15) is 14.4 Å². The maximum Gasteiger partial charge on any atom is 0.335 e. The SMILES string of the molecule is COc1ccc(/C=C2\C(=O)NC(=O)N(c3ccc(C)c(Cl)c3)C2=O)cc1OC. The summed E-state index contributed by atoms with van der Waals surface area (Å²) < 4.78 is 10.4. The molecule has 0 unspecified atom stereocenters. The average molecular weight is 401 g/mol. The second-order valence-corrected chi connectivity index (χ2v) is 6.41. The van der Waals surface area contributed by atoms with Crippen LogP contribution in [0.1, 0.15) is 11.1 Å². The van der Waals surface area contributed by atoms with E-state index in [1.165, 1.54) is 26.4 Å². The highest BCUT2D eigenvalue weighted by Crippen LogP contribution is 2.30. The third-order valence-corrected chi connectivity index (χ3v) is 4.64. The molecule has 2 aromatic rings. The van der Waals surface area contributed by atoms with E-state index >= 15 is 0 Å². The number of imide groups is 2. The fourth-order valence-electron chi connectivity index (χ4n) is 2.72. The molecule has 0 aromatic heterocycles. The van der Waals surface area contributed by atoms with Crippen LogP contribution in [0, 0.1) is 6.92 Å². The molecular formula is C20H17ClN2O5. The number of carbonyl (C=O) groups excluding carboxylic acids is 3. The summed E-state index contributed by atoms with van der Waals surface area (Å²) >= 11 is 6.11. The zero-order valence-electron chi connectivity index (χ0n) is 15.4. The van der Waals surface area contributed by atoms with Gasteiger partial charge in [-0.3, -0.25) is 14.9 Å². The molecule has 1 fully saturated rings. The maximum absolute atomic E-state index is 12.9. The van der Waals surface area contributed by atoms with Gasteiger partial charge in [-0.15, -0.1) is 0 Å². The zero-order chi connectivity index (χ0) is 20.4. The number of urea groups is 1. The number of carbonyl (C=O) groups is 3. The molecule has 3 rings (SSSR count). The molecule has 4 amide bonds. The first-order chi connectivity index (χ1) is 13.3. The molecule has 2 aromatic carbocycles. The standard InChI is InChI=1S/C20H17ClN2O5/c1-11-4-6-13(10-15(11)21)23-19(25)14(18(24)22-20(23)26)8-12-5-7-16(27-2)17(9-12)28-3/h4-10H,1-3H3,(H,22,24,26)/b14-8+. The number of ether oxygens (including phenoxy) is 2. The minimum Gasteiger partial charge on any atom is -0.493 e. The zero-order valence-corrected chi connectivity index (χ0v) is 16.2. The van der Waals surface area contributed by atoms with Gasteiger partial charge in [0.25, 0.3) is 11.8 Å². The summed E-state index contributed by atoms with van der Waals surface area (Å²) in [6, 6.07) is 8.87. The van der Waals surface area contributed by atoms with Crippen LogP contribution in [0.4, 0.5) is 10.5 Å². The molecular weight excluding hydrogens is 384 g/mol. The number of amides is 4. The Labute approximate surface area is 166 Å². The predicted molar refractivity (Wildman–Crippen MR) is 105 cm³/mol. The number of barbiturate groups is 1. The van der Waals surface area contributed by atoms with Crippen molar-refractivity contribution in [3.63, 3.8) is 0 Å². The van der Waals surface area contributed by atoms with Crippen molar-refractivity contribution in [3.05, 3.63) is 58.1 Å². The average Bonchev–Trinajstić information content (AvgIpc) is 2.67. The van der Waals surface area contributed by atoms with Crippen molar-refractivity contribution in [1.82, 2.24) is 5.32 Å². The molecule has 144 valence electrons. The molecule has 0 saturated carbocycles. The number of anilines is 1. The molecule has 0 aliphatic carbocycles. The highest BCUT2D eigenvalue weighted by Gasteiger charge is 2.37. The van der Waals surface area contributed by atoms with E-state index in [2.05, 4.69) is 5.32 Å². The summed E-state index contributed by atoms with van der Waals surface area (Å²) in [5, 5.41) is 2.58. The molecule has 1 aliphatic heterocycles. The number of rotatable bonds is 4. The quantitative estimate of drug-likeness (QED) is 0.628. The second kappa shape index (κ2) is 7.74. The van der Waals surface area contributed by atoms with Gasteiger partial charge in [0, 0.05) is 5.02 Å². The van der Waals surface area contributed by atoms with Gasteiger partial charge < -0.3 is 9.47 Å². The molecule has 1 saturated heterocycles. The van der Waals surface area contributed by atoms with Gasteiger partial charge in [0.1, 0.15) is 5.57 Å². The van der Waals surface area contributed by atoms with E-state index in [0.29, 0.717) is 22.1 Å². The van der Waals surface area contributed by atoms with E-state index in [4.69, 9.17) is 21.1 Å². The summed E-state index contributed by atoms with van der Waals surface area (Å²) in [5.74, 6) is -0.573. The minimum absolute atomic E-state index is 0.191. The van der Waals surface area contributed by atoms with Gasteiger partial charge in [0.15, 0.2) is 11.5 Å². The number of aryl methyl sites for hydroxylation is 1. The molecule has 0 spiro atoms. The number of hydrogen-bond acceptors (Lipinski definition) is 5. The summed E-state index contributed by atoms with van der Waals surface area (Å²) in [4.78, 5) is 38.3. The molecule has 7 nitrogen and oxygen atoms in total. The topological polar surface area (TPSA) is 84.9 Å². The van der Waals surface area contributed by atoms with E-state index in [1.54, 1.807) is 37.3 Å². The maximum atomic E-state index is 12.9. The summed E-state index contributed by atoms with van der Waals surface area (Å²) in [6.45, 7) is 1.80. The molecule has 1 heterocycles. The van der Waals surface area contributed by atoms with E-state index < -0.39 is 17.8 Å². The first-order valence-electron chi connectivity index (χ1n) is 8.25. The van der Waals surface area contributed by atoms with Gasteiger partial charge in [-0.25, -0.2) is 9.69 Å². The molecule has 8 heteroatoms. The lowest BCUT2D eigenvalue weighted by molar-refractivity contribution is -0.122. The molecule has 0 bridgehead atoms. The summed E-state index contributed by atoms with van der Waals surface area (Å²) in [5.41, 5.74) is 1.41. The van der Waals surface area contributed by atoms with Crippen molar-refractivity contribution < 1.29 is 23.9 Å².